The number of oxazole rings is 1. The second-order valence-corrected chi connectivity index (χ2v) is 3.85. The van der Waals surface area contributed by atoms with E-state index in [0.29, 0.717) is 5.69 Å². The lowest BCUT2D eigenvalue weighted by Gasteiger charge is -2.05. The fourth-order valence-electron chi connectivity index (χ4n) is 1.44. The average Bonchev–Trinajstić information content (AvgIpc) is 2.59. The highest BCUT2D eigenvalue weighted by Gasteiger charge is 2.07. The molecule has 2 aromatic rings. The van der Waals surface area contributed by atoms with E-state index in [2.05, 4.69) is 9.88 Å². The van der Waals surface area contributed by atoms with Crippen LogP contribution in [0, 0.1) is 0 Å². The van der Waals surface area contributed by atoms with Crippen molar-refractivity contribution in [2.75, 3.05) is 26.4 Å². The molecule has 0 fully saturated rings. The van der Waals surface area contributed by atoms with Gasteiger partial charge in [-0.05, 0) is 26.2 Å². The van der Waals surface area contributed by atoms with Crippen LogP contribution < -0.4 is 5.73 Å². The van der Waals surface area contributed by atoms with E-state index in [-0.39, 0.29) is 0 Å². The molecule has 0 unspecified atom stereocenters. The van der Waals surface area contributed by atoms with Gasteiger partial charge in [-0.1, -0.05) is 6.07 Å². The number of benzene rings is 1. The van der Waals surface area contributed by atoms with Gasteiger partial charge in [0.25, 0.3) is 0 Å². The maximum absolute atomic E-state index is 5.79. The SMILES string of the molecule is CN(C)CCc1nc2c(N)cccc2o1. The van der Waals surface area contributed by atoms with Gasteiger partial charge in [-0.15, -0.1) is 0 Å². The lowest BCUT2D eigenvalue weighted by atomic mass is 10.3. The third-order valence-corrected chi connectivity index (χ3v) is 2.27. The second-order valence-electron chi connectivity index (χ2n) is 3.85. The first-order valence-electron chi connectivity index (χ1n) is 4.95. The van der Waals surface area contributed by atoms with E-state index in [9.17, 15) is 0 Å². The summed E-state index contributed by atoms with van der Waals surface area (Å²) in [5.74, 6) is 0.747. The Labute approximate surface area is 88.7 Å². The number of rotatable bonds is 3. The zero-order valence-electron chi connectivity index (χ0n) is 9.03. The topological polar surface area (TPSA) is 55.3 Å². The van der Waals surface area contributed by atoms with Gasteiger partial charge in [0.1, 0.15) is 5.52 Å². The van der Waals surface area contributed by atoms with Crippen LogP contribution >= 0.6 is 0 Å². The molecule has 2 rings (SSSR count). The van der Waals surface area contributed by atoms with Gasteiger partial charge in [-0.25, -0.2) is 4.98 Å². The van der Waals surface area contributed by atoms with Crippen LogP contribution in [0.4, 0.5) is 5.69 Å². The Bertz CT molecular complexity index is 462. The number of anilines is 1. The number of hydrogen-bond acceptors (Lipinski definition) is 4. The summed E-state index contributed by atoms with van der Waals surface area (Å²) in [6.45, 7) is 0.923. The molecule has 0 saturated carbocycles. The quantitative estimate of drug-likeness (QED) is 0.772. The number of hydrogen-bond donors (Lipinski definition) is 1. The first kappa shape index (κ1) is 9.98. The van der Waals surface area contributed by atoms with Crippen molar-refractivity contribution in [1.29, 1.82) is 0 Å². The highest BCUT2D eigenvalue weighted by molar-refractivity contribution is 5.85. The fourth-order valence-corrected chi connectivity index (χ4v) is 1.44. The molecule has 4 heteroatoms. The average molecular weight is 205 g/mol. The van der Waals surface area contributed by atoms with Crippen LogP contribution in [0.3, 0.4) is 0 Å². The third kappa shape index (κ3) is 2.10. The molecule has 1 aromatic heterocycles. The van der Waals surface area contributed by atoms with E-state index in [1.165, 1.54) is 0 Å². The van der Waals surface area contributed by atoms with Gasteiger partial charge in [0.2, 0.25) is 0 Å². The maximum Gasteiger partial charge on any atom is 0.196 e. The second kappa shape index (κ2) is 3.90. The molecule has 0 bridgehead atoms. The molecule has 80 valence electrons. The van der Waals surface area contributed by atoms with E-state index in [4.69, 9.17) is 10.2 Å². The minimum Gasteiger partial charge on any atom is -0.441 e. The van der Waals surface area contributed by atoms with Crippen molar-refractivity contribution < 1.29 is 4.42 Å². The molecular weight excluding hydrogens is 190 g/mol. The normalized spacial score (nSPS) is 11.4. The third-order valence-electron chi connectivity index (χ3n) is 2.27. The molecule has 1 aromatic carbocycles. The Hall–Kier alpha value is -1.55. The van der Waals surface area contributed by atoms with Crippen LogP contribution in [0.15, 0.2) is 22.6 Å². The van der Waals surface area contributed by atoms with Crippen molar-refractivity contribution >= 4 is 16.8 Å². The van der Waals surface area contributed by atoms with Crippen molar-refractivity contribution in [3.05, 3.63) is 24.1 Å². The molecule has 0 aliphatic heterocycles. The number of nitrogen functional groups attached to an aromatic ring is 1. The van der Waals surface area contributed by atoms with Gasteiger partial charge in [0, 0.05) is 13.0 Å². The van der Waals surface area contributed by atoms with Gasteiger partial charge in [0.15, 0.2) is 11.5 Å². The Morgan fingerprint density at radius 3 is 2.87 bits per heavy atom. The summed E-state index contributed by atoms with van der Waals surface area (Å²) < 4.78 is 5.58. The van der Waals surface area contributed by atoms with Gasteiger partial charge >= 0.3 is 0 Å². The Kier molecular flexibility index (Phi) is 2.60. The van der Waals surface area contributed by atoms with Crippen molar-refractivity contribution in [2.24, 2.45) is 0 Å². The van der Waals surface area contributed by atoms with E-state index in [1.54, 1.807) is 0 Å². The Balaban J connectivity index is 2.27. The van der Waals surface area contributed by atoms with Crippen molar-refractivity contribution in [3.8, 4) is 0 Å². The summed E-state index contributed by atoms with van der Waals surface area (Å²) in [4.78, 5) is 6.46. The predicted molar refractivity (Wildman–Crippen MR) is 60.7 cm³/mol. The van der Waals surface area contributed by atoms with Crippen LogP contribution in [0.2, 0.25) is 0 Å². The van der Waals surface area contributed by atoms with E-state index in [0.717, 1.165) is 30.0 Å². The van der Waals surface area contributed by atoms with E-state index >= 15 is 0 Å². The highest BCUT2D eigenvalue weighted by Crippen LogP contribution is 2.21. The number of likely N-dealkylation sites (N-methyl/N-ethyl adjacent to an activating group) is 1. The molecular formula is C11H15N3O. The smallest absolute Gasteiger partial charge is 0.196 e. The highest BCUT2D eigenvalue weighted by atomic mass is 16.3. The minimum absolute atomic E-state index is 0.673. The number of aromatic nitrogens is 1. The van der Waals surface area contributed by atoms with Crippen LogP contribution in [0.5, 0.6) is 0 Å². The van der Waals surface area contributed by atoms with Gasteiger partial charge in [0.05, 0.1) is 5.69 Å². The summed E-state index contributed by atoms with van der Waals surface area (Å²) >= 11 is 0. The summed E-state index contributed by atoms with van der Waals surface area (Å²) in [5.41, 5.74) is 8.00. The monoisotopic (exact) mass is 205 g/mol. The molecule has 0 amide bonds. The first-order valence-corrected chi connectivity index (χ1v) is 4.95. The van der Waals surface area contributed by atoms with Crippen molar-refractivity contribution in [3.63, 3.8) is 0 Å². The molecule has 4 nitrogen and oxygen atoms in total. The minimum atomic E-state index is 0.673. The first-order chi connectivity index (χ1) is 7.16. The Morgan fingerprint density at radius 1 is 1.40 bits per heavy atom. The number of para-hydroxylation sites is 1. The van der Waals surface area contributed by atoms with Crippen LogP contribution in [-0.4, -0.2) is 30.5 Å². The van der Waals surface area contributed by atoms with E-state index in [1.807, 2.05) is 32.3 Å². The van der Waals surface area contributed by atoms with Gasteiger partial charge < -0.3 is 15.1 Å². The zero-order chi connectivity index (χ0) is 10.8. The summed E-state index contributed by atoms with van der Waals surface area (Å²) in [7, 11) is 4.05. The maximum atomic E-state index is 5.79. The molecule has 0 atom stereocenters. The predicted octanol–water partition coefficient (Wildman–Crippen LogP) is 1.51. The molecule has 0 saturated heterocycles. The summed E-state index contributed by atoms with van der Waals surface area (Å²) in [6, 6.07) is 5.59. The Morgan fingerprint density at radius 2 is 2.20 bits per heavy atom. The standard InChI is InChI=1S/C11H15N3O/c1-14(2)7-6-10-13-11-8(12)4-3-5-9(11)15-10/h3-5H,6-7,12H2,1-2H3. The number of fused-ring (bicyclic) bond motifs is 1. The zero-order valence-corrected chi connectivity index (χ0v) is 9.03. The molecule has 15 heavy (non-hydrogen) atoms. The van der Waals surface area contributed by atoms with Crippen molar-refractivity contribution in [2.45, 2.75) is 6.42 Å². The lowest BCUT2D eigenvalue weighted by molar-refractivity contribution is 0.390. The lowest BCUT2D eigenvalue weighted by Crippen LogP contribution is -2.15. The largest absolute Gasteiger partial charge is 0.441 e. The number of nitrogens with zero attached hydrogens (tertiary/aromatic N) is 2. The van der Waals surface area contributed by atoms with Gasteiger partial charge in [-0.3, -0.25) is 0 Å². The summed E-state index contributed by atoms with van der Waals surface area (Å²) in [5, 5.41) is 0. The molecule has 2 N–H and O–H groups in total. The molecule has 1 heterocycles. The van der Waals surface area contributed by atoms with Gasteiger partial charge in [-0.2, -0.15) is 0 Å². The fraction of sp³-hybridized carbons (Fsp3) is 0.364. The molecule has 0 spiro atoms. The van der Waals surface area contributed by atoms with Crippen LogP contribution in [0.1, 0.15) is 5.89 Å². The van der Waals surface area contributed by atoms with Crippen LogP contribution in [0.25, 0.3) is 11.1 Å². The van der Waals surface area contributed by atoms with Crippen molar-refractivity contribution in [1.82, 2.24) is 9.88 Å². The van der Waals surface area contributed by atoms with E-state index < -0.39 is 0 Å². The number of nitrogens with two attached hydrogens (primary N) is 1. The molecule has 0 radical (unpaired) electrons. The molecule has 0 aliphatic rings. The molecule has 0 aliphatic carbocycles. The summed E-state index contributed by atoms with van der Waals surface area (Å²) in [6.07, 6.45) is 0.807. The van der Waals surface area contributed by atoms with Crippen LogP contribution in [-0.2, 0) is 6.42 Å².